The van der Waals surface area contributed by atoms with Gasteiger partial charge < -0.3 is 5.32 Å². The summed E-state index contributed by atoms with van der Waals surface area (Å²) in [6.45, 7) is 1.14. The van der Waals surface area contributed by atoms with Crippen molar-refractivity contribution in [3.63, 3.8) is 0 Å². The summed E-state index contributed by atoms with van der Waals surface area (Å²) in [6.07, 6.45) is 0. The highest BCUT2D eigenvalue weighted by molar-refractivity contribution is 6.40. The molecule has 0 aliphatic carbocycles. The van der Waals surface area contributed by atoms with Gasteiger partial charge in [0, 0.05) is 12.1 Å². The van der Waals surface area contributed by atoms with Crippen LogP contribution >= 0.6 is 23.2 Å². The molecule has 0 radical (unpaired) electrons. The minimum Gasteiger partial charge on any atom is -0.322 e. The Morgan fingerprint density at radius 2 is 1.81 bits per heavy atom. The van der Waals surface area contributed by atoms with Crippen LogP contribution in [0.25, 0.3) is 0 Å². The molecule has 0 bridgehead atoms. The van der Waals surface area contributed by atoms with Crippen molar-refractivity contribution in [3.8, 4) is 0 Å². The number of fused-ring (bicyclic) bond motifs is 1. The lowest BCUT2D eigenvalue weighted by molar-refractivity contribution is -0.384. The predicted molar refractivity (Wildman–Crippen MR) is 98.3 cm³/mol. The van der Waals surface area contributed by atoms with Crippen LogP contribution in [-0.4, -0.2) is 34.1 Å². The zero-order valence-electron chi connectivity index (χ0n) is 13.8. The third-order valence-electron chi connectivity index (χ3n) is 4.02. The van der Waals surface area contributed by atoms with Crippen LogP contribution in [0, 0.1) is 17.0 Å². The van der Waals surface area contributed by atoms with E-state index in [2.05, 4.69) is 5.32 Å². The predicted octanol–water partition coefficient (Wildman–Crippen LogP) is 3.44. The van der Waals surface area contributed by atoms with Crippen LogP contribution in [0.2, 0.25) is 10.0 Å². The molecule has 2 aromatic carbocycles. The van der Waals surface area contributed by atoms with E-state index in [9.17, 15) is 24.5 Å². The molecule has 1 N–H and O–H groups in total. The van der Waals surface area contributed by atoms with Gasteiger partial charge in [-0.05, 0) is 24.6 Å². The van der Waals surface area contributed by atoms with Crippen molar-refractivity contribution >= 4 is 52.3 Å². The van der Waals surface area contributed by atoms with Gasteiger partial charge in [0.15, 0.2) is 0 Å². The standard InChI is InChI=1S/C17H11Cl2N3O5/c1-8-2-5-12(18)15(14(8)19)20-13(23)7-21-16(24)10-4-3-9(22(26)27)6-11(10)17(21)25/h2-6H,7H2,1H3,(H,20,23). The minimum atomic E-state index is -0.782. The van der Waals surface area contributed by atoms with Crippen LogP contribution in [0.3, 0.4) is 0 Å². The second-order valence-electron chi connectivity index (χ2n) is 5.78. The molecule has 0 unspecified atom stereocenters. The normalized spacial score (nSPS) is 12.9. The van der Waals surface area contributed by atoms with Crippen molar-refractivity contribution in [2.24, 2.45) is 0 Å². The van der Waals surface area contributed by atoms with Gasteiger partial charge in [0.1, 0.15) is 6.54 Å². The molecule has 3 amide bonds. The molecule has 0 saturated heterocycles. The molecule has 138 valence electrons. The Hall–Kier alpha value is -2.97. The van der Waals surface area contributed by atoms with Gasteiger partial charge in [-0.2, -0.15) is 0 Å². The number of rotatable bonds is 4. The summed E-state index contributed by atoms with van der Waals surface area (Å²) in [7, 11) is 0. The molecular formula is C17H11Cl2N3O5. The first-order valence-corrected chi connectivity index (χ1v) is 8.35. The van der Waals surface area contributed by atoms with Crippen molar-refractivity contribution in [3.05, 3.63) is 67.2 Å². The molecule has 0 atom stereocenters. The number of hydrogen-bond acceptors (Lipinski definition) is 5. The summed E-state index contributed by atoms with van der Waals surface area (Å²) in [5, 5.41) is 13.8. The second-order valence-corrected chi connectivity index (χ2v) is 6.57. The van der Waals surface area contributed by atoms with Gasteiger partial charge in [-0.25, -0.2) is 0 Å². The number of nitro groups is 1. The van der Waals surface area contributed by atoms with Gasteiger partial charge in [-0.1, -0.05) is 29.3 Å². The Morgan fingerprint density at radius 1 is 1.15 bits per heavy atom. The highest BCUT2D eigenvalue weighted by Gasteiger charge is 2.37. The van der Waals surface area contributed by atoms with Gasteiger partial charge >= 0.3 is 0 Å². The van der Waals surface area contributed by atoms with Crippen LogP contribution in [0.4, 0.5) is 11.4 Å². The average molecular weight is 408 g/mol. The van der Waals surface area contributed by atoms with E-state index in [-0.39, 0.29) is 32.5 Å². The van der Waals surface area contributed by atoms with Crippen LogP contribution in [-0.2, 0) is 4.79 Å². The number of imide groups is 1. The molecule has 0 aromatic heterocycles. The smallest absolute Gasteiger partial charge is 0.270 e. The van der Waals surface area contributed by atoms with Crippen molar-refractivity contribution in [1.82, 2.24) is 4.90 Å². The molecule has 27 heavy (non-hydrogen) atoms. The molecule has 0 spiro atoms. The summed E-state index contributed by atoms with van der Waals surface area (Å²) in [4.78, 5) is 48.0. The third-order valence-corrected chi connectivity index (χ3v) is 4.82. The van der Waals surface area contributed by atoms with Crippen LogP contribution in [0.1, 0.15) is 26.3 Å². The molecule has 2 aromatic rings. The summed E-state index contributed by atoms with van der Waals surface area (Å²) in [5.74, 6) is -2.18. The summed E-state index contributed by atoms with van der Waals surface area (Å²) < 4.78 is 0. The van der Waals surface area contributed by atoms with Crippen molar-refractivity contribution in [1.29, 1.82) is 0 Å². The number of benzene rings is 2. The number of nitrogens with zero attached hydrogens (tertiary/aromatic N) is 2. The fourth-order valence-electron chi connectivity index (χ4n) is 2.63. The van der Waals surface area contributed by atoms with Gasteiger partial charge in [0.05, 0.1) is 31.8 Å². The molecule has 0 fully saturated rings. The highest BCUT2D eigenvalue weighted by atomic mass is 35.5. The topological polar surface area (TPSA) is 110 Å². The Kier molecular flexibility index (Phi) is 4.86. The van der Waals surface area contributed by atoms with Crippen molar-refractivity contribution < 1.29 is 19.3 Å². The second kappa shape index (κ2) is 6.98. The number of nitrogens with one attached hydrogen (secondary N) is 1. The lowest BCUT2D eigenvalue weighted by atomic mass is 10.1. The van der Waals surface area contributed by atoms with E-state index in [1.807, 2.05) is 0 Å². The molecule has 8 nitrogen and oxygen atoms in total. The van der Waals surface area contributed by atoms with E-state index in [1.54, 1.807) is 19.1 Å². The summed E-state index contributed by atoms with van der Waals surface area (Å²) in [6, 6.07) is 6.57. The first kappa shape index (κ1) is 18.8. The summed E-state index contributed by atoms with van der Waals surface area (Å²) in [5.41, 5.74) is 0.429. The lowest BCUT2D eigenvalue weighted by Gasteiger charge is -2.15. The number of hydrogen-bond donors (Lipinski definition) is 1. The van der Waals surface area contributed by atoms with E-state index in [0.717, 1.165) is 12.1 Å². The van der Waals surface area contributed by atoms with E-state index in [1.165, 1.54) is 6.07 Å². The average Bonchev–Trinajstić information content (AvgIpc) is 2.86. The molecule has 1 heterocycles. The number of amides is 3. The van der Waals surface area contributed by atoms with E-state index >= 15 is 0 Å². The molecule has 3 rings (SSSR count). The van der Waals surface area contributed by atoms with E-state index < -0.39 is 29.2 Å². The first-order valence-electron chi connectivity index (χ1n) is 7.59. The lowest BCUT2D eigenvalue weighted by Crippen LogP contribution is -2.37. The number of anilines is 1. The molecule has 10 heteroatoms. The fourth-order valence-corrected chi connectivity index (χ4v) is 3.09. The zero-order valence-corrected chi connectivity index (χ0v) is 15.3. The number of nitro benzene ring substituents is 1. The molecule has 1 aliphatic heterocycles. The van der Waals surface area contributed by atoms with Crippen LogP contribution in [0.15, 0.2) is 30.3 Å². The SMILES string of the molecule is Cc1ccc(Cl)c(NC(=O)CN2C(=O)c3ccc([N+](=O)[O-])cc3C2=O)c1Cl. The maximum absolute atomic E-state index is 12.4. The number of non-ortho nitro benzene ring substituents is 1. The quantitative estimate of drug-likeness (QED) is 0.474. The Bertz CT molecular complexity index is 1020. The molecule has 0 saturated carbocycles. The molecule has 1 aliphatic rings. The minimum absolute atomic E-state index is 0.00465. The van der Waals surface area contributed by atoms with Gasteiger partial charge in [0.2, 0.25) is 5.91 Å². The number of aryl methyl sites for hydroxylation is 1. The molecular weight excluding hydrogens is 397 g/mol. The van der Waals surface area contributed by atoms with E-state index in [4.69, 9.17) is 23.2 Å². The maximum atomic E-state index is 12.4. The van der Waals surface area contributed by atoms with E-state index in [0.29, 0.717) is 10.5 Å². The number of halogens is 2. The maximum Gasteiger partial charge on any atom is 0.270 e. The number of carbonyl (C=O) groups excluding carboxylic acids is 3. The third kappa shape index (κ3) is 3.36. The van der Waals surface area contributed by atoms with Crippen LogP contribution in [0.5, 0.6) is 0 Å². The van der Waals surface area contributed by atoms with Gasteiger partial charge in [-0.3, -0.25) is 29.4 Å². The Morgan fingerprint density at radius 3 is 2.48 bits per heavy atom. The monoisotopic (exact) mass is 407 g/mol. The summed E-state index contributed by atoms with van der Waals surface area (Å²) >= 11 is 12.2. The van der Waals surface area contributed by atoms with Gasteiger partial charge in [-0.15, -0.1) is 0 Å². The first-order chi connectivity index (χ1) is 12.7. The van der Waals surface area contributed by atoms with Gasteiger partial charge in [0.25, 0.3) is 17.5 Å². The number of carbonyl (C=O) groups is 3. The Labute approximate surface area is 162 Å². The van der Waals surface area contributed by atoms with Crippen molar-refractivity contribution in [2.75, 3.05) is 11.9 Å². The van der Waals surface area contributed by atoms with Crippen molar-refractivity contribution in [2.45, 2.75) is 6.92 Å². The van der Waals surface area contributed by atoms with Crippen LogP contribution < -0.4 is 5.32 Å². The zero-order chi connectivity index (χ0) is 19.9. The largest absolute Gasteiger partial charge is 0.322 e. The Balaban J connectivity index is 1.81. The fraction of sp³-hybridized carbons (Fsp3) is 0.118. The highest BCUT2D eigenvalue weighted by Crippen LogP contribution is 2.33.